The number of rotatable bonds is 0. The van der Waals surface area contributed by atoms with Crippen molar-refractivity contribution in [3.05, 3.63) is 58.7 Å². The van der Waals surface area contributed by atoms with Crippen LogP contribution in [-0.2, 0) is 4.79 Å². The van der Waals surface area contributed by atoms with Gasteiger partial charge in [-0.3, -0.25) is 4.79 Å². The molecular formula is C23H24O. The zero-order valence-electron chi connectivity index (χ0n) is 15.1. The van der Waals surface area contributed by atoms with Crippen LogP contribution in [0.15, 0.2) is 47.5 Å². The average molecular weight is 316 g/mol. The van der Waals surface area contributed by atoms with E-state index in [1.807, 2.05) is 0 Å². The van der Waals surface area contributed by atoms with Gasteiger partial charge in [-0.05, 0) is 42.7 Å². The Morgan fingerprint density at radius 1 is 0.875 bits per heavy atom. The lowest BCUT2D eigenvalue weighted by Crippen LogP contribution is -2.59. The highest BCUT2D eigenvalue weighted by molar-refractivity contribution is 6.00. The third kappa shape index (κ3) is 1.20. The van der Waals surface area contributed by atoms with Crippen molar-refractivity contribution in [2.24, 2.45) is 16.7 Å². The monoisotopic (exact) mass is 316 g/mol. The Hall–Kier alpha value is -1.89. The van der Waals surface area contributed by atoms with Gasteiger partial charge < -0.3 is 0 Å². The Labute approximate surface area is 143 Å². The van der Waals surface area contributed by atoms with Crippen LogP contribution in [-0.4, -0.2) is 5.78 Å². The summed E-state index contributed by atoms with van der Waals surface area (Å²) in [4.78, 5) is 13.4. The predicted molar refractivity (Wildman–Crippen MR) is 98.2 cm³/mol. The topological polar surface area (TPSA) is 17.1 Å². The van der Waals surface area contributed by atoms with Crippen molar-refractivity contribution in [2.75, 3.05) is 0 Å². The van der Waals surface area contributed by atoms with Gasteiger partial charge in [0, 0.05) is 23.2 Å². The number of ketones is 1. The van der Waals surface area contributed by atoms with Gasteiger partial charge in [-0.1, -0.05) is 61.4 Å². The minimum Gasteiger partial charge on any atom is -0.298 e. The zero-order chi connectivity index (χ0) is 17.0. The highest BCUT2D eigenvalue weighted by Crippen LogP contribution is 2.74. The standard InChI is InChI=1S/C23H24O/c1-12-13(2)23(5)20-17-11-7-9-15-8-6-10-16(18(15)17)19(20)22(12,4)14(3)21(23)24/h6-11,14,19-20H,1-5H3/t14-,19-,20-,22+,23-/m1/s1. The molecule has 0 saturated heterocycles. The summed E-state index contributed by atoms with van der Waals surface area (Å²) in [6, 6.07) is 13.4. The van der Waals surface area contributed by atoms with Crippen LogP contribution < -0.4 is 0 Å². The molecule has 0 amide bonds. The van der Waals surface area contributed by atoms with Crippen LogP contribution in [0.4, 0.5) is 0 Å². The Bertz CT molecular complexity index is 960. The van der Waals surface area contributed by atoms with Gasteiger partial charge in [0.15, 0.2) is 0 Å². The maximum absolute atomic E-state index is 13.4. The molecule has 4 aliphatic carbocycles. The Balaban J connectivity index is 1.96. The molecule has 0 spiro atoms. The first kappa shape index (κ1) is 14.5. The SMILES string of the molecule is CC1=C(C)[C@@]2(C)[C@H](C)C(=O)[C@@]1(C)[C@@H]1c3cccc4cccc(c34)[C@H]12. The van der Waals surface area contributed by atoms with Crippen molar-refractivity contribution < 1.29 is 4.79 Å². The maximum atomic E-state index is 13.4. The lowest BCUT2D eigenvalue weighted by atomic mass is 9.40. The molecule has 2 aromatic carbocycles. The van der Waals surface area contributed by atoms with E-state index in [4.69, 9.17) is 0 Å². The molecule has 1 saturated carbocycles. The van der Waals surface area contributed by atoms with Crippen LogP contribution >= 0.6 is 0 Å². The Kier molecular flexibility index (Phi) is 2.42. The smallest absolute Gasteiger partial charge is 0.147 e. The summed E-state index contributed by atoms with van der Waals surface area (Å²) in [7, 11) is 0. The average Bonchev–Trinajstić information content (AvgIpc) is 2.94. The number of fused-ring (bicyclic) bond motifs is 1. The molecule has 24 heavy (non-hydrogen) atoms. The number of Topliss-reactive ketones (excluding diaryl/α,β-unsaturated/α-hetero) is 1. The van der Waals surface area contributed by atoms with E-state index in [1.165, 1.54) is 33.0 Å². The quantitative estimate of drug-likeness (QED) is 0.578. The van der Waals surface area contributed by atoms with E-state index in [9.17, 15) is 4.79 Å². The van der Waals surface area contributed by atoms with Crippen LogP contribution in [0.1, 0.15) is 57.6 Å². The fourth-order valence-corrected chi connectivity index (χ4v) is 6.51. The van der Waals surface area contributed by atoms with Crippen molar-refractivity contribution in [1.29, 1.82) is 0 Å². The molecule has 0 N–H and O–H groups in total. The lowest BCUT2D eigenvalue weighted by Gasteiger charge is -2.61. The van der Waals surface area contributed by atoms with Crippen molar-refractivity contribution in [3.63, 3.8) is 0 Å². The molecule has 122 valence electrons. The minimum atomic E-state index is -0.362. The summed E-state index contributed by atoms with van der Waals surface area (Å²) in [5.41, 5.74) is 5.19. The fourth-order valence-electron chi connectivity index (χ4n) is 6.51. The molecule has 0 aromatic heterocycles. The van der Waals surface area contributed by atoms with Crippen molar-refractivity contribution in [1.82, 2.24) is 0 Å². The van der Waals surface area contributed by atoms with Crippen LogP contribution in [0.25, 0.3) is 10.8 Å². The van der Waals surface area contributed by atoms with Crippen LogP contribution in [0, 0.1) is 16.7 Å². The second-order valence-electron chi connectivity index (χ2n) is 8.57. The fraction of sp³-hybridized carbons (Fsp3) is 0.435. The van der Waals surface area contributed by atoms with Crippen molar-refractivity contribution >= 4 is 16.6 Å². The molecular weight excluding hydrogens is 292 g/mol. The zero-order valence-corrected chi connectivity index (χ0v) is 15.1. The van der Waals surface area contributed by atoms with E-state index in [-0.39, 0.29) is 22.7 Å². The summed E-state index contributed by atoms with van der Waals surface area (Å²) in [5, 5.41) is 2.73. The largest absolute Gasteiger partial charge is 0.298 e. The highest BCUT2D eigenvalue weighted by Gasteiger charge is 2.68. The third-order valence-corrected chi connectivity index (χ3v) is 8.19. The molecule has 6 rings (SSSR count). The number of benzene rings is 2. The Morgan fingerprint density at radius 2 is 1.46 bits per heavy atom. The minimum absolute atomic E-state index is 0.0725. The second kappa shape index (κ2) is 4.02. The van der Waals surface area contributed by atoms with Gasteiger partial charge in [0.2, 0.25) is 0 Å². The maximum Gasteiger partial charge on any atom is 0.147 e. The summed E-state index contributed by atoms with van der Waals surface area (Å²) in [6.07, 6.45) is 0. The molecule has 2 aromatic rings. The first-order valence-electron chi connectivity index (χ1n) is 9.08. The molecule has 4 aliphatic rings. The number of allylic oxidation sites excluding steroid dienone is 2. The van der Waals surface area contributed by atoms with Crippen molar-refractivity contribution in [2.45, 2.75) is 46.5 Å². The van der Waals surface area contributed by atoms with Gasteiger partial charge in [0.1, 0.15) is 5.78 Å². The number of hydrogen-bond acceptors (Lipinski definition) is 1. The van der Waals surface area contributed by atoms with Crippen LogP contribution in [0.5, 0.6) is 0 Å². The first-order valence-corrected chi connectivity index (χ1v) is 9.08. The second-order valence-corrected chi connectivity index (χ2v) is 8.57. The summed E-state index contributed by atoms with van der Waals surface area (Å²) < 4.78 is 0. The normalized spacial score (nSPS) is 39.7. The third-order valence-electron chi connectivity index (χ3n) is 8.19. The Morgan fingerprint density at radius 3 is 2.08 bits per heavy atom. The summed E-state index contributed by atoms with van der Waals surface area (Å²) >= 11 is 0. The van der Waals surface area contributed by atoms with Gasteiger partial charge in [0.25, 0.3) is 0 Å². The molecule has 0 unspecified atom stereocenters. The van der Waals surface area contributed by atoms with Crippen molar-refractivity contribution in [3.8, 4) is 0 Å². The molecule has 0 radical (unpaired) electrons. The molecule has 1 nitrogen and oxygen atoms in total. The van der Waals surface area contributed by atoms with Crippen LogP contribution in [0.2, 0.25) is 0 Å². The molecule has 5 atom stereocenters. The molecule has 0 aliphatic heterocycles. The van der Waals surface area contributed by atoms with E-state index in [0.717, 1.165) is 0 Å². The summed E-state index contributed by atoms with van der Waals surface area (Å²) in [5.74, 6) is 1.23. The van der Waals surface area contributed by atoms with E-state index in [1.54, 1.807) is 0 Å². The van der Waals surface area contributed by atoms with Gasteiger partial charge in [0.05, 0.1) is 5.41 Å². The molecule has 1 fully saturated rings. The number of carbonyl (C=O) groups excluding carboxylic acids is 1. The number of carbonyl (C=O) groups is 1. The van der Waals surface area contributed by atoms with E-state index in [0.29, 0.717) is 11.7 Å². The van der Waals surface area contributed by atoms with Gasteiger partial charge in [-0.15, -0.1) is 0 Å². The molecule has 1 heteroatoms. The predicted octanol–water partition coefficient (Wildman–Crippen LogP) is 5.60. The highest BCUT2D eigenvalue weighted by atomic mass is 16.1. The summed E-state index contributed by atoms with van der Waals surface area (Å²) in [6.45, 7) is 11.2. The van der Waals surface area contributed by atoms with E-state index in [2.05, 4.69) is 71.0 Å². The number of hydrogen-bond donors (Lipinski definition) is 0. The molecule has 0 heterocycles. The van der Waals surface area contributed by atoms with Crippen LogP contribution in [0.3, 0.4) is 0 Å². The first-order chi connectivity index (χ1) is 11.3. The lowest BCUT2D eigenvalue weighted by molar-refractivity contribution is -0.143. The van der Waals surface area contributed by atoms with Gasteiger partial charge in [-0.25, -0.2) is 0 Å². The molecule has 2 bridgehead atoms. The van der Waals surface area contributed by atoms with Gasteiger partial charge >= 0.3 is 0 Å². The van der Waals surface area contributed by atoms with Gasteiger partial charge in [-0.2, -0.15) is 0 Å². The van der Waals surface area contributed by atoms with E-state index < -0.39 is 0 Å². The van der Waals surface area contributed by atoms with E-state index >= 15 is 0 Å².